The van der Waals surface area contributed by atoms with Gasteiger partial charge in [-0.25, -0.2) is 4.39 Å². The second-order valence-electron chi connectivity index (χ2n) is 6.24. The molecule has 0 saturated carbocycles. The summed E-state index contributed by atoms with van der Waals surface area (Å²) in [5, 5.41) is 4.03. The monoisotopic (exact) mass is 331 g/mol. The zero-order valence-electron chi connectivity index (χ0n) is 13.9. The number of amides is 1. The molecular weight excluding hydrogens is 309 g/mol. The first-order chi connectivity index (χ1) is 11.6. The smallest absolute Gasteiger partial charge is 0.227 e. The highest BCUT2D eigenvalue weighted by atomic mass is 19.1. The number of carbonyl (C=O) groups excluding carboxylic acids is 1. The summed E-state index contributed by atoms with van der Waals surface area (Å²) in [6, 6.07) is 8.08. The predicted molar refractivity (Wildman–Crippen MR) is 87.8 cm³/mol. The van der Waals surface area contributed by atoms with Crippen molar-refractivity contribution in [1.82, 2.24) is 15.0 Å². The van der Waals surface area contributed by atoms with Crippen molar-refractivity contribution in [3.8, 4) is 0 Å². The lowest BCUT2D eigenvalue weighted by Gasteiger charge is -2.21. The lowest BCUT2D eigenvalue weighted by atomic mass is 10.1. The fourth-order valence-electron chi connectivity index (χ4n) is 2.99. The first-order valence-electron chi connectivity index (χ1n) is 8.27. The molecule has 6 heteroatoms. The molecule has 1 aliphatic heterocycles. The number of hydrogen-bond donors (Lipinski definition) is 0. The molecule has 0 bridgehead atoms. The minimum Gasteiger partial charge on any atom is -0.361 e. The van der Waals surface area contributed by atoms with Crippen molar-refractivity contribution in [2.45, 2.75) is 26.3 Å². The number of aryl methyl sites for hydroxylation is 1. The van der Waals surface area contributed by atoms with Gasteiger partial charge in [0.15, 0.2) is 0 Å². The molecule has 1 aromatic carbocycles. The molecule has 2 aromatic rings. The summed E-state index contributed by atoms with van der Waals surface area (Å²) in [6.07, 6.45) is 1.26. The fraction of sp³-hybridized carbons (Fsp3) is 0.444. The van der Waals surface area contributed by atoms with Gasteiger partial charge >= 0.3 is 0 Å². The van der Waals surface area contributed by atoms with Crippen molar-refractivity contribution in [2.75, 3.05) is 26.2 Å². The second kappa shape index (κ2) is 7.57. The molecule has 0 atom stereocenters. The van der Waals surface area contributed by atoms with Crippen molar-refractivity contribution in [1.29, 1.82) is 0 Å². The van der Waals surface area contributed by atoms with Crippen LogP contribution in [0.25, 0.3) is 0 Å². The fourth-order valence-corrected chi connectivity index (χ4v) is 2.99. The van der Waals surface area contributed by atoms with Crippen LogP contribution in [0.2, 0.25) is 0 Å². The van der Waals surface area contributed by atoms with Crippen molar-refractivity contribution in [3.05, 3.63) is 53.2 Å². The molecule has 1 aliphatic rings. The zero-order valence-corrected chi connectivity index (χ0v) is 13.9. The molecule has 0 unspecified atom stereocenters. The maximum absolute atomic E-state index is 12.9. The molecule has 0 aliphatic carbocycles. The summed E-state index contributed by atoms with van der Waals surface area (Å²) in [4.78, 5) is 16.7. The predicted octanol–water partition coefficient (Wildman–Crippen LogP) is 2.40. The molecule has 128 valence electrons. The Labute approximate surface area is 141 Å². The first kappa shape index (κ1) is 16.6. The number of nitrogens with zero attached hydrogens (tertiary/aromatic N) is 3. The molecule has 0 spiro atoms. The molecule has 0 N–H and O–H groups in total. The topological polar surface area (TPSA) is 49.6 Å². The second-order valence-corrected chi connectivity index (χ2v) is 6.24. The summed E-state index contributed by atoms with van der Waals surface area (Å²) < 4.78 is 18.0. The van der Waals surface area contributed by atoms with Gasteiger partial charge < -0.3 is 9.42 Å². The highest BCUT2D eigenvalue weighted by Gasteiger charge is 2.20. The van der Waals surface area contributed by atoms with Crippen LogP contribution in [0.15, 0.2) is 34.9 Å². The van der Waals surface area contributed by atoms with Crippen LogP contribution in [0.1, 0.15) is 23.4 Å². The van der Waals surface area contributed by atoms with Gasteiger partial charge in [0.1, 0.15) is 11.6 Å². The normalized spacial score (nSPS) is 16.2. The van der Waals surface area contributed by atoms with Crippen molar-refractivity contribution < 1.29 is 13.7 Å². The summed E-state index contributed by atoms with van der Waals surface area (Å²) in [6.45, 7) is 5.85. The van der Waals surface area contributed by atoms with Gasteiger partial charge in [0.25, 0.3) is 0 Å². The van der Waals surface area contributed by atoms with E-state index in [0.29, 0.717) is 13.0 Å². The molecule has 1 aromatic heterocycles. The molecule has 2 heterocycles. The molecule has 5 nitrogen and oxygen atoms in total. The Balaban J connectivity index is 1.52. The third-order valence-electron chi connectivity index (χ3n) is 4.27. The summed E-state index contributed by atoms with van der Waals surface area (Å²) in [5.74, 6) is 0.636. The van der Waals surface area contributed by atoms with Gasteiger partial charge in [0.2, 0.25) is 5.91 Å². The van der Waals surface area contributed by atoms with Crippen LogP contribution in [-0.2, 0) is 17.8 Å². The number of carbonyl (C=O) groups is 1. The van der Waals surface area contributed by atoms with Crippen molar-refractivity contribution >= 4 is 5.91 Å². The lowest BCUT2D eigenvalue weighted by Crippen LogP contribution is -2.36. The summed E-state index contributed by atoms with van der Waals surface area (Å²) in [7, 11) is 0. The lowest BCUT2D eigenvalue weighted by molar-refractivity contribution is -0.130. The number of hydrogen-bond acceptors (Lipinski definition) is 4. The Morgan fingerprint density at radius 3 is 2.71 bits per heavy atom. The zero-order chi connectivity index (χ0) is 16.9. The largest absolute Gasteiger partial charge is 0.361 e. The van der Waals surface area contributed by atoms with Crippen LogP contribution >= 0.6 is 0 Å². The van der Waals surface area contributed by atoms with E-state index in [2.05, 4.69) is 10.1 Å². The maximum atomic E-state index is 12.9. The van der Waals surface area contributed by atoms with E-state index in [1.165, 1.54) is 12.1 Å². The van der Waals surface area contributed by atoms with Gasteiger partial charge in [0.05, 0.1) is 12.1 Å². The Morgan fingerprint density at radius 2 is 2.00 bits per heavy atom. The van der Waals surface area contributed by atoms with E-state index in [1.54, 1.807) is 12.1 Å². The number of halogens is 1. The molecule has 0 radical (unpaired) electrons. The number of aromatic nitrogens is 1. The highest BCUT2D eigenvalue weighted by Crippen LogP contribution is 2.11. The minimum atomic E-state index is -0.278. The van der Waals surface area contributed by atoms with Crippen LogP contribution in [0, 0.1) is 12.7 Å². The van der Waals surface area contributed by atoms with Crippen LogP contribution in [0.4, 0.5) is 4.39 Å². The Hall–Kier alpha value is -2.21. The van der Waals surface area contributed by atoms with Gasteiger partial charge in [0, 0.05) is 38.8 Å². The molecule has 1 amide bonds. The SMILES string of the molecule is Cc1cc(CN2CCCN(C(=O)Cc3ccc(F)cc3)CC2)no1. The third-order valence-corrected chi connectivity index (χ3v) is 4.27. The van der Waals surface area contributed by atoms with Crippen LogP contribution < -0.4 is 0 Å². The maximum Gasteiger partial charge on any atom is 0.227 e. The molecule has 1 saturated heterocycles. The number of benzene rings is 1. The quantitative estimate of drug-likeness (QED) is 0.863. The van der Waals surface area contributed by atoms with E-state index >= 15 is 0 Å². The number of rotatable bonds is 4. The standard InChI is InChI=1S/C18H22FN3O2/c1-14-11-17(20-24-14)13-21-7-2-8-22(10-9-21)18(23)12-15-3-5-16(19)6-4-15/h3-6,11H,2,7-10,12-13H2,1H3. The summed E-state index contributed by atoms with van der Waals surface area (Å²) >= 11 is 0. The Kier molecular flexibility index (Phi) is 5.25. The van der Waals surface area contributed by atoms with E-state index in [0.717, 1.165) is 49.6 Å². The Morgan fingerprint density at radius 1 is 1.21 bits per heavy atom. The van der Waals surface area contributed by atoms with Gasteiger partial charge in [-0.05, 0) is 31.0 Å². The van der Waals surface area contributed by atoms with E-state index in [4.69, 9.17) is 4.52 Å². The Bertz CT molecular complexity index is 684. The average Bonchev–Trinajstić information content (AvgIpc) is 2.82. The van der Waals surface area contributed by atoms with E-state index in [1.807, 2.05) is 17.9 Å². The van der Waals surface area contributed by atoms with Gasteiger partial charge in [-0.3, -0.25) is 9.69 Å². The van der Waals surface area contributed by atoms with E-state index < -0.39 is 0 Å². The van der Waals surface area contributed by atoms with Gasteiger partial charge in [-0.15, -0.1) is 0 Å². The molecule has 24 heavy (non-hydrogen) atoms. The molecule has 3 rings (SSSR count). The molecule has 1 fully saturated rings. The van der Waals surface area contributed by atoms with Crippen molar-refractivity contribution in [2.24, 2.45) is 0 Å². The van der Waals surface area contributed by atoms with Crippen LogP contribution in [0.5, 0.6) is 0 Å². The summed E-state index contributed by atoms with van der Waals surface area (Å²) in [5.41, 5.74) is 1.78. The van der Waals surface area contributed by atoms with Crippen LogP contribution in [-0.4, -0.2) is 47.0 Å². The van der Waals surface area contributed by atoms with Crippen LogP contribution in [0.3, 0.4) is 0 Å². The average molecular weight is 331 g/mol. The minimum absolute atomic E-state index is 0.0979. The van der Waals surface area contributed by atoms with E-state index in [9.17, 15) is 9.18 Å². The van der Waals surface area contributed by atoms with Gasteiger partial charge in [-0.2, -0.15) is 0 Å². The highest BCUT2D eigenvalue weighted by molar-refractivity contribution is 5.78. The van der Waals surface area contributed by atoms with E-state index in [-0.39, 0.29) is 11.7 Å². The van der Waals surface area contributed by atoms with Gasteiger partial charge in [-0.1, -0.05) is 17.3 Å². The third kappa shape index (κ3) is 4.41. The first-order valence-corrected chi connectivity index (χ1v) is 8.27. The molecular formula is C18H22FN3O2. The van der Waals surface area contributed by atoms with Crippen molar-refractivity contribution in [3.63, 3.8) is 0 Å².